The lowest BCUT2D eigenvalue weighted by Crippen LogP contribution is -2.40. The molecule has 3 aliphatic rings. The first-order chi connectivity index (χ1) is 16.9. The number of anilines is 2. The van der Waals surface area contributed by atoms with Crippen LogP contribution in [0.1, 0.15) is 36.0 Å². The number of benzene rings is 1. The zero-order valence-electron chi connectivity index (χ0n) is 19.5. The maximum absolute atomic E-state index is 13.3. The highest BCUT2D eigenvalue weighted by Gasteiger charge is 2.39. The largest absolute Gasteiger partial charge is 0.465 e. The molecule has 0 N–H and O–H groups in total. The number of hydrogen-bond donors (Lipinski definition) is 0. The summed E-state index contributed by atoms with van der Waals surface area (Å²) in [5.74, 6) is 0.527. The van der Waals surface area contributed by atoms with Crippen molar-refractivity contribution in [3.05, 3.63) is 34.9 Å². The molecule has 2 fully saturated rings. The molecule has 0 spiro atoms. The van der Waals surface area contributed by atoms with E-state index < -0.39 is 15.8 Å². The topological polar surface area (TPSA) is 98.3 Å². The number of carbonyl (C=O) groups is 1. The van der Waals surface area contributed by atoms with Crippen LogP contribution in [-0.4, -0.2) is 71.1 Å². The number of sulfone groups is 1. The van der Waals surface area contributed by atoms with Gasteiger partial charge in [-0.1, -0.05) is 11.6 Å². The van der Waals surface area contributed by atoms with E-state index in [1.807, 2.05) is 9.80 Å². The van der Waals surface area contributed by atoms with E-state index >= 15 is 0 Å². The van der Waals surface area contributed by atoms with E-state index in [1.165, 1.54) is 7.11 Å². The number of halogens is 1. The monoisotopic (exact) mass is 521 g/mol. The summed E-state index contributed by atoms with van der Waals surface area (Å²) in [7, 11) is -2.33. The number of fused-ring (bicyclic) bond motifs is 1. The molecule has 9 nitrogen and oxygen atoms in total. The van der Waals surface area contributed by atoms with Gasteiger partial charge in [0.15, 0.2) is 15.7 Å². The number of rotatable bonds is 6. The average Bonchev–Trinajstić information content (AvgIpc) is 3.56. The Labute approximate surface area is 209 Å². The Kier molecular flexibility index (Phi) is 6.78. The molecule has 0 unspecified atom stereocenters. The van der Waals surface area contributed by atoms with Gasteiger partial charge in [0.05, 0.1) is 24.5 Å². The maximum atomic E-state index is 13.3. The fourth-order valence-corrected chi connectivity index (χ4v) is 6.97. The number of hydrogen-bond acceptors (Lipinski definition) is 9. The Bertz CT molecular complexity index is 1210. The van der Waals surface area contributed by atoms with Gasteiger partial charge in [-0.25, -0.2) is 13.2 Å². The summed E-state index contributed by atoms with van der Waals surface area (Å²) in [5.41, 5.74) is 0.753. The first kappa shape index (κ1) is 24.1. The van der Waals surface area contributed by atoms with Gasteiger partial charge in [-0.05, 0) is 49.9 Å². The van der Waals surface area contributed by atoms with Crippen molar-refractivity contribution in [1.82, 2.24) is 4.98 Å². The van der Waals surface area contributed by atoms with Crippen molar-refractivity contribution in [3.63, 3.8) is 0 Å². The van der Waals surface area contributed by atoms with Gasteiger partial charge in [-0.15, -0.1) is 0 Å². The zero-order chi connectivity index (χ0) is 24.6. The third-order valence-corrected chi connectivity index (χ3v) is 8.83. The van der Waals surface area contributed by atoms with Gasteiger partial charge < -0.3 is 24.0 Å². The quantitative estimate of drug-likeness (QED) is 0.527. The third-order valence-electron chi connectivity index (χ3n) is 6.62. The Balaban J connectivity index is 1.60. The van der Waals surface area contributed by atoms with Crippen LogP contribution in [-0.2, 0) is 19.3 Å². The molecule has 35 heavy (non-hydrogen) atoms. The van der Waals surface area contributed by atoms with Crippen LogP contribution in [0.15, 0.2) is 29.2 Å². The van der Waals surface area contributed by atoms with Gasteiger partial charge in [0.1, 0.15) is 21.4 Å². The summed E-state index contributed by atoms with van der Waals surface area (Å²) in [5, 5.41) is 0.146. The molecule has 188 valence electrons. The SMILES string of the molecule is COC(=O)c1ccc(Oc2nc(N3CCCC3)c(Cl)c3c2N(C[C@H]2CCCO2)CCS3(=O)=O)cc1. The molecular weight excluding hydrogens is 494 g/mol. The third kappa shape index (κ3) is 4.79. The number of methoxy groups -OCH3 is 1. The van der Waals surface area contributed by atoms with Gasteiger partial charge >= 0.3 is 5.97 Å². The van der Waals surface area contributed by atoms with E-state index in [9.17, 15) is 13.2 Å². The molecule has 3 aliphatic heterocycles. The number of carbonyl (C=O) groups excluding carboxylic acids is 1. The number of esters is 1. The van der Waals surface area contributed by atoms with Gasteiger partial charge in [-0.3, -0.25) is 0 Å². The van der Waals surface area contributed by atoms with Crippen LogP contribution >= 0.6 is 11.6 Å². The minimum absolute atomic E-state index is 0.00729. The van der Waals surface area contributed by atoms with Crippen LogP contribution in [0, 0.1) is 0 Å². The summed E-state index contributed by atoms with van der Waals surface area (Å²) < 4.78 is 43.4. The standard InChI is InChI=1S/C24H28ClN3O6S/c1-32-24(29)16-6-8-17(9-7-16)34-23-20-21(19(25)22(26-23)27-10-2-3-11-27)35(30,31)14-12-28(20)15-18-5-4-13-33-18/h6-9,18H,2-5,10-15H2,1H3/t18-/m1/s1. The molecule has 2 saturated heterocycles. The van der Waals surface area contributed by atoms with Crippen molar-refractivity contribution in [1.29, 1.82) is 0 Å². The molecule has 2 aromatic rings. The molecule has 4 heterocycles. The number of nitrogens with zero attached hydrogens (tertiary/aromatic N) is 3. The van der Waals surface area contributed by atoms with Crippen molar-refractivity contribution in [2.24, 2.45) is 0 Å². The van der Waals surface area contributed by atoms with Crippen molar-refractivity contribution in [3.8, 4) is 11.6 Å². The lowest BCUT2D eigenvalue weighted by molar-refractivity contribution is 0.0600. The maximum Gasteiger partial charge on any atom is 0.337 e. The molecular formula is C24H28ClN3O6S. The van der Waals surface area contributed by atoms with Gasteiger partial charge in [0.25, 0.3) is 0 Å². The lowest BCUT2D eigenvalue weighted by atomic mass is 10.2. The van der Waals surface area contributed by atoms with Crippen LogP contribution in [0.3, 0.4) is 0 Å². The summed E-state index contributed by atoms with van der Waals surface area (Å²) in [6, 6.07) is 6.44. The summed E-state index contributed by atoms with van der Waals surface area (Å²) in [6.07, 6.45) is 3.87. The second kappa shape index (κ2) is 9.83. The number of ether oxygens (including phenoxy) is 3. The molecule has 11 heteroatoms. The molecule has 5 rings (SSSR count). The van der Waals surface area contributed by atoms with Crippen LogP contribution in [0.4, 0.5) is 11.5 Å². The highest BCUT2D eigenvalue weighted by atomic mass is 35.5. The molecule has 0 amide bonds. The van der Waals surface area contributed by atoms with Crippen molar-refractivity contribution >= 4 is 38.9 Å². The Morgan fingerprint density at radius 3 is 2.57 bits per heavy atom. The van der Waals surface area contributed by atoms with E-state index in [4.69, 9.17) is 30.8 Å². The van der Waals surface area contributed by atoms with Crippen molar-refractivity contribution in [2.45, 2.75) is 36.7 Å². The second-order valence-corrected chi connectivity index (χ2v) is 11.4. The van der Waals surface area contributed by atoms with E-state index in [-0.39, 0.29) is 27.7 Å². The van der Waals surface area contributed by atoms with E-state index in [2.05, 4.69) is 0 Å². The van der Waals surface area contributed by atoms with Gasteiger partial charge in [0, 0.05) is 32.8 Å². The summed E-state index contributed by atoms with van der Waals surface area (Å²) in [4.78, 5) is 20.6. The predicted octanol–water partition coefficient (Wildman–Crippen LogP) is 3.69. The number of aromatic nitrogens is 1. The molecule has 1 aromatic heterocycles. The van der Waals surface area contributed by atoms with E-state index in [0.717, 1.165) is 38.8 Å². The van der Waals surface area contributed by atoms with Gasteiger partial charge in [0.2, 0.25) is 5.88 Å². The van der Waals surface area contributed by atoms with Crippen LogP contribution in [0.25, 0.3) is 0 Å². The van der Waals surface area contributed by atoms with Crippen LogP contribution < -0.4 is 14.5 Å². The normalized spacial score (nSPS) is 21.1. The number of pyridine rings is 1. The minimum Gasteiger partial charge on any atom is -0.465 e. The Morgan fingerprint density at radius 1 is 1.17 bits per heavy atom. The smallest absolute Gasteiger partial charge is 0.337 e. The summed E-state index contributed by atoms with van der Waals surface area (Å²) >= 11 is 6.77. The Hall–Kier alpha value is -2.56. The summed E-state index contributed by atoms with van der Waals surface area (Å²) in [6.45, 7) is 3.03. The van der Waals surface area contributed by atoms with Crippen molar-refractivity contribution < 1.29 is 27.4 Å². The van der Waals surface area contributed by atoms with Crippen molar-refractivity contribution in [2.75, 3.05) is 55.4 Å². The first-order valence-corrected chi connectivity index (χ1v) is 13.8. The highest BCUT2D eigenvalue weighted by Crippen LogP contribution is 2.47. The zero-order valence-corrected chi connectivity index (χ0v) is 21.1. The molecule has 0 bridgehead atoms. The minimum atomic E-state index is -3.65. The van der Waals surface area contributed by atoms with E-state index in [0.29, 0.717) is 42.5 Å². The highest BCUT2D eigenvalue weighted by molar-refractivity contribution is 7.91. The molecule has 0 radical (unpaired) electrons. The fraction of sp³-hybridized carbons (Fsp3) is 0.500. The first-order valence-electron chi connectivity index (χ1n) is 11.8. The van der Waals surface area contributed by atoms with Crippen LogP contribution in [0.2, 0.25) is 5.02 Å². The molecule has 1 aromatic carbocycles. The average molecular weight is 522 g/mol. The lowest BCUT2D eigenvalue weighted by Gasteiger charge is -2.35. The second-order valence-electron chi connectivity index (χ2n) is 8.94. The van der Waals surface area contributed by atoms with Crippen LogP contribution in [0.5, 0.6) is 11.6 Å². The molecule has 1 atom stereocenters. The Morgan fingerprint density at radius 2 is 1.91 bits per heavy atom. The molecule has 0 aliphatic carbocycles. The van der Waals surface area contributed by atoms with Gasteiger partial charge in [-0.2, -0.15) is 4.98 Å². The van der Waals surface area contributed by atoms with E-state index in [1.54, 1.807) is 24.3 Å². The predicted molar refractivity (Wildman–Crippen MR) is 132 cm³/mol. The fourth-order valence-electron chi connectivity index (χ4n) is 4.82. The molecule has 0 saturated carbocycles.